The highest BCUT2D eigenvalue weighted by molar-refractivity contribution is 7.18. The van der Waals surface area contributed by atoms with E-state index in [1.165, 1.54) is 29.7 Å². The summed E-state index contributed by atoms with van der Waals surface area (Å²) in [6.07, 6.45) is 3.52. The van der Waals surface area contributed by atoms with Crippen LogP contribution in [0.4, 0.5) is 10.7 Å². The first-order valence-electron chi connectivity index (χ1n) is 7.19. The van der Waals surface area contributed by atoms with Crippen LogP contribution in [-0.2, 0) is 0 Å². The molecule has 0 radical (unpaired) electrons. The van der Waals surface area contributed by atoms with E-state index in [0.29, 0.717) is 22.5 Å². The van der Waals surface area contributed by atoms with Gasteiger partial charge in [0.25, 0.3) is 5.91 Å². The molecule has 1 saturated carbocycles. The zero-order chi connectivity index (χ0) is 14.3. The lowest BCUT2D eigenvalue weighted by molar-refractivity contribution is 0.0968. The number of nitrogens with zero attached hydrogens (tertiary/aromatic N) is 1. The van der Waals surface area contributed by atoms with E-state index < -0.39 is 0 Å². The van der Waals surface area contributed by atoms with Crippen LogP contribution in [0.15, 0.2) is 0 Å². The van der Waals surface area contributed by atoms with Crippen molar-refractivity contribution in [3.63, 3.8) is 0 Å². The maximum absolute atomic E-state index is 11.9. The number of likely N-dealkylation sites (tertiary alicyclic amines) is 1. The summed E-state index contributed by atoms with van der Waals surface area (Å²) in [4.78, 5) is 14.9. The molecule has 5 nitrogen and oxygen atoms in total. The van der Waals surface area contributed by atoms with E-state index in [4.69, 9.17) is 5.73 Å². The molecule has 0 bridgehead atoms. The average molecular weight is 294 g/mol. The van der Waals surface area contributed by atoms with E-state index in [1.807, 2.05) is 0 Å². The summed E-state index contributed by atoms with van der Waals surface area (Å²) < 4.78 is 0. The number of nitrogens with one attached hydrogen (secondary N) is 2. The van der Waals surface area contributed by atoms with Gasteiger partial charge in [0.2, 0.25) is 0 Å². The first-order chi connectivity index (χ1) is 9.60. The molecule has 1 aromatic rings. The van der Waals surface area contributed by atoms with Crippen molar-refractivity contribution in [1.29, 1.82) is 0 Å². The monoisotopic (exact) mass is 294 g/mol. The van der Waals surface area contributed by atoms with Gasteiger partial charge in [-0.3, -0.25) is 4.79 Å². The van der Waals surface area contributed by atoms with E-state index in [-0.39, 0.29) is 5.91 Å². The van der Waals surface area contributed by atoms with Crippen molar-refractivity contribution in [2.24, 2.45) is 0 Å². The summed E-state index contributed by atoms with van der Waals surface area (Å²) in [6.45, 7) is 2.18. The van der Waals surface area contributed by atoms with Crippen molar-refractivity contribution in [2.75, 3.05) is 38.2 Å². The summed E-state index contributed by atoms with van der Waals surface area (Å²) in [6, 6.07) is 0.466. The van der Waals surface area contributed by atoms with Gasteiger partial charge >= 0.3 is 0 Å². The molecular weight excluding hydrogens is 272 g/mol. The van der Waals surface area contributed by atoms with Crippen LogP contribution in [0.25, 0.3) is 0 Å². The molecule has 3 rings (SSSR count). The van der Waals surface area contributed by atoms with Gasteiger partial charge in [-0.05, 0) is 38.8 Å². The fourth-order valence-corrected chi connectivity index (χ4v) is 4.09. The molecule has 1 amide bonds. The standard InChI is InChI=1S/C14H22N4OS/c1-16-13(19)12-11(15)10(8-3-4-8)14(20-12)17-9-5-6-18(2)7-9/h8-9,17H,3-7,15H2,1-2H3,(H,16,19). The number of carbonyl (C=O) groups excluding carboxylic acids is 1. The summed E-state index contributed by atoms with van der Waals surface area (Å²) >= 11 is 1.51. The van der Waals surface area contributed by atoms with Gasteiger partial charge in [0, 0.05) is 25.2 Å². The second-order valence-electron chi connectivity index (χ2n) is 5.83. The molecule has 1 aromatic heterocycles. The van der Waals surface area contributed by atoms with Crippen molar-refractivity contribution in [2.45, 2.75) is 31.2 Å². The Kier molecular flexibility index (Phi) is 3.60. The lowest BCUT2D eigenvalue weighted by atomic mass is 10.1. The summed E-state index contributed by atoms with van der Waals surface area (Å²) in [5, 5.41) is 7.41. The Balaban J connectivity index is 1.86. The van der Waals surface area contributed by atoms with Crippen molar-refractivity contribution in [3.05, 3.63) is 10.4 Å². The SMILES string of the molecule is CNC(=O)c1sc(NC2CCN(C)C2)c(C2CC2)c1N. The van der Waals surface area contributed by atoms with Gasteiger partial charge in [-0.2, -0.15) is 0 Å². The topological polar surface area (TPSA) is 70.4 Å². The molecule has 1 atom stereocenters. The van der Waals surface area contributed by atoms with Crippen LogP contribution in [0, 0.1) is 0 Å². The minimum atomic E-state index is -0.0778. The van der Waals surface area contributed by atoms with Crippen LogP contribution in [0.3, 0.4) is 0 Å². The maximum Gasteiger partial charge on any atom is 0.263 e. The fraction of sp³-hybridized carbons (Fsp3) is 0.643. The number of anilines is 2. The zero-order valence-corrected chi connectivity index (χ0v) is 12.8. The Hall–Kier alpha value is -1.27. The maximum atomic E-state index is 11.9. The molecule has 0 aromatic carbocycles. The van der Waals surface area contributed by atoms with Crippen LogP contribution in [0.5, 0.6) is 0 Å². The van der Waals surface area contributed by atoms with Crippen molar-refractivity contribution < 1.29 is 4.79 Å². The van der Waals surface area contributed by atoms with Crippen LogP contribution in [0.1, 0.15) is 40.4 Å². The molecule has 110 valence electrons. The van der Waals surface area contributed by atoms with E-state index in [1.54, 1.807) is 7.05 Å². The van der Waals surface area contributed by atoms with Gasteiger partial charge < -0.3 is 21.3 Å². The van der Waals surface area contributed by atoms with Crippen LogP contribution >= 0.6 is 11.3 Å². The van der Waals surface area contributed by atoms with E-state index >= 15 is 0 Å². The second-order valence-corrected chi connectivity index (χ2v) is 6.85. The Morgan fingerprint density at radius 2 is 2.15 bits per heavy atom. The van der Waals surface area contributed by atoms with Crippen molar-refractivity contribution >= 4 is 27.9 Å². The highest BCUT2D eigenvalue weighted by Gasteiger charge is 2.33. The zero-order valence-electron chi connectivity index (χ0n) is 12.0. The first-order valence-corrected chi connectivity index (χ1v) is 8.01. The molecule has 1 aliphatic carbocycles. The van der Waals surface area contributed by atoms with Crippen molar-refractivity contribution in [1.82, 2.24) is 10.2 Å². The predicted molar refractivity (Wildman–Crippen MR) is 83.6 cm³/mol. The summed E-state index contributed by atoms with van der Waals surface area (Å²) in [5.74, 6) is 0.470. The van der Waals surface area contributed by atoms with Gasteiger partial charge in [-0.15, -0.1) is 11.3 Å². The summed E-state index contributed by atoms with van der Waals surface area (Å²) in [7, 11) is 3.79. The minimum Gasteiger partial charge on any atom is -0.397 e. The molecule has 2 aliphatic rings. The van der Waals surface area contributed by atoms with Gasteiger partial charge in [0.05, 0.1) is 10.7 Å². The van der Waals surface area contributed by atoms with Crippen LogP contribution < -0.4 is 16.4 Å². The third-order valence-corrected chi connectivity index (χ3v) is 5.28. The molecule has 20 heavy (non-hydrogen) atoms. The molecule has 1 aliphatic heterocycles. The van der Waals surface area contributed by atoms with E-state index in [0.717, 1.165) is 24.5 Å². The normalized spacial score (nSPS) is 23.0. The Morgan fingerprint density at radius 1 is 1.40 bits per heavy atom. The van der Waals surface area contributed by atoms with Crippen LogP contribution in [-0.4, -0.2) is 44.0 Å². The van der Waals surface area contributed by atoms with E-state index in [2.05, 4.69) is 22.6 Å². The molecule has 1 saturated heterocycles. The van der Waals surface area contributed by atoms with Gasteiger partial charge in [-0.25, -0.2) is 0 Å². The first kappa shape index (κ1) is 13.7. The molecule has 0 spiro atoms. The smallest absolute Gasteiger partial charge is 0.263 e. The quantitative estimate of drug-likeness (QED) is 0.790. The largest absolute Gasteiger partial charge is 0.397 e. The number of amides is 1. The number of thiophene rings is 1. The number of nitrogen functional groups attached to an aromatic ring is 1. The molecule has 2 fully saturated rings. The number of likely N-dealkylation sites (N-methyl/N-ethyl adjacent to an activating group) is 1. The van der Waals surface area contributed by atoms with Gasteiger partial charge in [0.1, 0.15) is 4.88 Å². The number of carbonyl (C=O) groups is 1. The lowest BCUT2D eigenvalue weighted by Gasteiger charge is -2.14. The highest BCUT2D eigenvalue weighted by atomic mass is 32.1. The Labute approximate surface area is 123 Å². The molecule has 6 heteroatoms. The van der Waals surface area contributed by atoms with Gasteiger partial charge in [-0.1, -0.05) is 0 Å². The number of rotatable bonds is 4. The van der Waals surface area contributed by atoms with E-state index in [9.17, 15) is 4.79 Å². The highest BCUT2D eigenvalue weighted by Crippen LogP contribution is 2.51. The van der Waals surface area contributed by atoms with Crippen LogP contribution in [0.2, 0.25) is 0 Å². The Bertz CT molecular complexity index is 523. The molecule has 2 heterocycles. The van der Waals surface area contributed by atoms with Crippen molar-refractivity contribution in [3.8, 4) is 0 Å². The number of hydrogen-bond acceptors (Lipinski definition) is 5. The third kappa shape index (κ3) is 2.50. The number of nitrogens with two attached hydrogens (primary N) is 1. The molecule has 4 N–H and O–H groups in total. The Morgan fingerprint density at radius 3 is 2.70 bits per heavy atom. The lowest BCUT2D eigenvalue weighted by Crippen LogP contribution is -2.23. The number of hydrogen-bond donors (Lipinski definition) is 3. The average Bonchev–Trinajstić information content (AvgIpc) is 3.10. The minimum absolute atomic E-state index is 0.0778. The second kappa shape index (κ2) is 5.26. The third-order valence-electron chi connectivity index (χ3n) is 4.13. The molecule has 1 unspecified atom stereocenters. The summed E-state index contributed by atoms with van der Waals surface area (Å²) in [5.41, 5.74) is 8.09. The fourth-order valence-electron chi connectivity index (χ4n) is 2.86. The van der Waals surface area contributed by atoms with Gasteiger partial charge in [0.15, 0.2) is 0 Å². The predicted octanol–water partition coefficient (Wildman–Crippen LogP) is 1.68. The molecular formula is C14H22N4OS.